The molecular formula is C19H21N2O7P. The number of rotatable bonds is 4. The normalized spacial score (nSPS) is 25.6. The summed E-state index contributed by atoms with van der Waals surface area (Å²) in [6.07, 6.45) is 3.52. The van der Waals surface area contributed by atoms with E-state index < -0.39 is 31.4 Å². The standard InChI is InChI=1S/C19H21N2O7P/c1-11-6-12(2)17-14(7-11)9-25-29(24,28-17)26-10-15-4-5-16(27-15)21-8-13(3)18(22)20-19(21)23/h4-8,15-16H,9-10H2,1-3H3,(H,20,22,23)/t15-,16+,29+/m0/s1. The van der Waals surface area contributed by atoms with Gasteiger partial charge in [0.1, 0.15) is 11.9 Å². The first-order valence-corrected chi connectivity index (χ1v) is 10.5. The van der Waals surface area contributed by atoms with Crippen molar-refractivity contribution in [2.45, 2.75) is 39.7 Å². The molecule has 10 heteroatoms. The van der Waals surface area contributed by atoms with Crippen LogP contribution < -0.4 is 15.8 Å². The van der Waals surface area contributed by atoms with E-state index in [1.54, 1.807) is 19.1 Å². The summed E-state index contributed by atoms with van der Waals surface area (Å²) >= 11 is 0. The fraction of sp³-hybridized carbons (Fsp3) is 0.368. The Balaban J connectivity index is 1.41. The molecule has 0 fully saturated rings. The third-order valence-electron chi connectivity index (χ3n) is 4.70. The summed E-state index contributed by atoms with van der Waals surface area (Å²) in [6, 6.07) is 3.86. The van der Waals surface area contributed by atoms with E-state index in [2.05, 4.69) is 4.98 Å². The molecule has 154 valence electrons. The highest BCUT2D eigenvalue weighted by atomic mass is 31.2. The Morgan fingerprint density at radius 3 is 2.79 bits per heavy atom. The van der Waals surface area contributed by atoms with Crippen LogP contribution in [0.2, 0.25) is 0 Å². The number of nitrogens with zero attached hydrogens (tertiary/aromatic N) is 1. The Bertz CT molecular complexity index is 1150. The van der Waals surface area contributed by atoms with Gasteiger partial charge in [0.05, 0.1) is 13.2 Å². The summed E-state index contributed by atoms with van der Waals surface area (Å²) in [5.41, 5.74) is 2.11. The number of phosphoric acid groups is 1. The molecule has 3 heterocycles. The molecule has 0 saturated carbocycles. The van der Waals surface area contributed by atoms with Crippen molar-refractivity contribution in [2.24, 2.45) is 0 Å². The fourth-order valence-corrected chi connectivity index (χ4v) is 4.60. The van der Waals surface area contributed by atoms with Gasteiger partial charge >= 0.3 is 13.5 Å². The average Bonchev–Trinajstić information content (AvgIpc) is 3.13. The van der Waals surface area contributed by atoms with Crippen molar-refractivity contribution in [1.82, 2.24) is 9.55 Å². The van der Waals surface area contributed by atoms with Gasteiger partial charge in [-0.2, -0.15) is 0 Å². The number of ether oxygens (including phenoxy) is 1. The number of aromatic amines is 1. The van der Waals surface area contributed by atoms with Crippen molar-refractivity contribution < 1.29 is 22.9 Å². The molecule has 4 rings (SSSR count). The lowest BCUT2D eigenvalue weighted by Gasteiger charge is -2.27. The second kappa shape index (κ2) is 7.42. The molecule has 0 aliphatic carbocycles. The lowest BCUT2D eigenvalue weighted by atomic mass is 10.1. The molecule has 1 N–H and O–H groups in total. The van der Waals surface area contributed by atoms with Crippen LogP contribution >= 0.6 is 7.82 Å². The number of H-pyrrole nitrogens is 1. The average molecular weight is 420 g/mol. The van der Waals surface area contributed by atoms with Gasteiger partial charge in [-0.15, -0.1) is 0 Å². The number of hydrogen-bond donors (Lipinski definition) is 1. The van der Waals surface area contributed by atoms with Gasteiger partial charge < -0.3 is 9.26 Å². The van der Waals surface area contributed by atoms with Gasteiger partial charge in [-0.1, -0.05) is 23.8 Å². The van der Waals surface area contributed by atoms with E-state index in [-0.39, 0.29) is 13.2 Å². The van der Waals surface area contributed by atoms with Crippen LogP contribution in [0.5, 0.6) is 5.75 Å². The van der Waals surface area contributed by atoms with Crippen LogP contribution in [-0.4, -0.2) is 22.3 Å². The molecule has 2 aromatic rings. The largest absolute Gasteiger partial charge is 0.530 e. The molecular weight excluding hydrogens is 399 g/mol. The quantitative estimate of drug-likeness (QED) is 0.598. The first-order chi connectivity index (χ1) is 13.7. The number of aromatic nitrogens is 2. The summed E-state index contributed by atoms with van der Waals surface area (Å²) in [7, 11) is -3.79. The molecule has 0 bridgehead atoms. The van der Waals surface area contributed by atoms with Gasteiger partial charge in [-0.05, 0) is 32.4 Å². The van der Waals surface area contributed by atoms with Crippen molar-refractivity contribution in [3.05, 3.63) is 73.6 Å². The van der Waals surface area contributed by atoms with Crippen LogP contribution in [0, 0.1) is 20.8 Å². The van der Waals surface area contributed by atoms with Crippen molar-refractivity contribution in [3.63, 3.8) is 0 Å². The van der Waals surface area contributed by atoms with E-state index in [0.717, 1.165) is 16.7 Å². The molecule has 3 atom stereocenters. The fourth-order valence-electron chi connectivity index (χ4n) is 3.31. The van der Waals surface area contributed by atoms with E-state index in [9.17, 15) is 14.2 Å². The van der Waals surface area contributed by atoms with Crippen LogP contribution in [0.15, 0.2) is 40.1 Å². The molecule has 2 aliphatic heterocycles. The van der Waals surface area contributed by atoms with E-state index in [4.69, 9.17) is 18.3 Å². The Morgan fingerprint density at radius 1 is 1.21 bits per heavy atom. The maximum absolute atomic E-state index is 12.8. The Morgan fingerprint density at radius 2 is 2.00 bits per heavy atom. The minimum Gasteiger partial charge on any atom is -0.403 e. The molecule has 0 saturated heterocycles. The molecule has 29 heavy (non-hydrogen) atoms. The molecule has 2 aliphatic rings. The molecule has 1 aromatic carbocycles. The van der Waals surface area contributed by atoms with Crippen LogP contribution in [0.4, 0.5) is 0 Å². The first kappa shape index (κ1) is 19.8. The number of phosphoric ester groups is 1. The van der Waals surface area contributed by atoms with Gasteiger partial charge in [-0.3, -0.25) is 23.4 Å². The second-order valence-corrected chi connectivity index (χ2v) is 8.70. The molecule has 1 aromatic heterocycles. The summed E-state index contributed by atoms with van der Waals surface area (Å²) in [6.45, 7) is 5.48. The monoisotopic (exact) mass is 420 g/mol. The Labute approximate surface area is 166 Å². The van der Waals surface area contributed by atoms with E-state index >= 15 is 0 Å². The number of hydrogen-bond acceptors (Lipinski definition) is 7. The highest BCUT2D eigenvalue weighted by molar-refractivity contribution is 7.49. The maximum Gasteiger partial charge on any atom is 0.530 e. The molecule has 9 nitrogen and oxygen atoms in total. The minimum atomic E-state index is -3.79. The van der Waals surface area contributed by atoms with Gasteiger partial charge in [0.15, 0.2) is 6.23 Å². The SMILES string of the molecule is Cc1cc(C)c2c(c1)CO[P@](=O)(OC[C@@H]1C=C[C@H](n3cc(C)c(=O)[nH]c3=O)O1)O2. The minimum absolute atomic E-state index is 0.0817. The third-order valence-corrected chi connectivity index (χ3v) is 6.02. The second-order valence-electron chi connectivity index (χ2n) is 7.11. The zero-order chi connectivity index (χ0) is 20.8. The zero-order valence-electron chi connectivity index (χ0n) is 16.2. The summed E-state index contributed by atoms with van der Waals surface area (Å²) in [5, 5.41) is 0. The lowest BCUT2D eigenvalue weighted by molar-refractivity contribution is -0.0130. The van der Waals surface area contributed by atoms with Gasteiger partial charge in [-0.25, -0.2) is 9.36 Å². The van der Waals surface area contributed by atoms with Crippen LogP contribution in [0.3, 0.4) is 0 Å². The predicted molar refractivity (Wildman–Crippen MR) is 104 cm³/mol. The van der Waals surface area contributed by atoms with E-state index in [0.29, 0.717) is 11.3 Å². The summed E-state index contributed by atoms with van der Waals surface area (Å²) < 4.78 is 36.2. The van der Waals surface area contributed by atoms with E-state index in [1.165, 1.54) is 10.8 Å². The van der Waals surface area contributed by atoms with Crippen LogP contribution in [-0.2, 0) is 25.0 Å². The van der Waals surface area contributed by atoms with Crippen molar-refractivity contribution >= 4 is 7.82 Å². The Kier molecular flexibility index (Phi) is 5.08. The Hall–Kier alpha value is -2.45. The van der Waals surface area contributed by atoms with Crippen molar-refractivity contribution in [2.75, 3.05) is 6.61 Å². The predicted octanol–water partition coefficient (Wildman–Crippen LogP) is 2.65. The van der Waals surface area contributed by atoms with Gasteiger partial charge in [0.25, 0.3) is 5.56 Å². The first-order valence-electron chi connectivity index (χ1n) is 9.09. The van der Waals surface area contributed by atoms with Crippen molar-refractivity contribution in [3.8, 4) is 5.75 Å². The van der Waals surface area contributed by atoms with Crippen LogP contribution in [0.25, 0.3) is 0 Å². The van der Waals surface area contributed by atoms with Crippen LogP contribution in [0.1, 0.15) is 28.5 Å². The molecule has 0 unspecified atom stereocenters. The summed E-state index contributed by atoms with van der Waals surface area (Å²) in [5.74, 6) is 0.515. The van der Waals surface area contributed by atoms with Gasteiger partial charge in [0.2, 0.25) is 0 Å². The number of fused-ring (bicyclic) bond motifs is 1. The molecule has 0 amide bonds. The number of aryl methyl sites for hydroxylation is 3. The number of benzene rings is 1. The van der Waals surface area contributed by atoms with E-state index in [1.807, 2.05) is 26.0 Å². The topological polar surface area (TPSA) is 109 Å². The van der Waals surface area contributed by atoms with Gasteiger partial charge in [0, 0.05) is 17.3 Å². The lowest BCUT2D eigenvalue weighted by Crippen LogP contribution is -2.33. The molecule has 0 radical (unpaired) electrons. The maximum atomic E-state index is 12.8. The van der Waals surface area contributed by atoms with Crippen molar-refractivity contribution in [1.29, 1.82) is 0 Å². The number of nitrogens with one attached hydrogen (secondary N) is 1. The zero-order valence-corrected chi connectivity index (χ0v) is 17.1. The smallest absolute Gasteiger partial charge is 0.403 e. The molecule has 0 spiro atoms. The highest BCUT2D eigenvalue weighted by Gasteiger charge is 2.36. The summed E-state index contributed by atoms with van der Waals surface area (Å²) in [4.78, 5) is 25.7. The third kappa shape index (κ3) is 4.00. The highest BCUT2D eigenvalue weighted by Crippen LogP contribution is 2.55.